The Labute approximate surface area is 163 Å². The second-order valence-electron chi connectivity index (χ2n) is 7.08. The van der Waals surface area contributed by atoms with Gasteiger partial charge in [-0.1, -0.05) is 36.4 Å². The minimum absolute atomic E-state index is 0.235. The molecule has 0 spiro atoms. The van der Waals surface area contributed by atoms with Gasteiger partial charge in [-0.05, 0) is 30.5 Å². The maximum Gasteiger partial charge on any atom is 0.231 e. The molecule has 6 nitrogen and oxygen atoms in total. The van der Waals surface area contributed by atoms with Crippen molar-refractivity contribution < 1.29 is 14.6 Å². The lowest BCUT2D eigenvalue weighted by molar-refractivity contribution is 0.145. The van der Waals surface area contributed by atoms with Gasteiger partial charge in [0.1, 0.15) is 5.82 Å². The predicted molar refractivity (Wildman–Crippen MR) is 106 cm³/mol. The summed E-state index contributed by atoms with van der Waals surface area (Å²) in [4.78, 5) is 11.8. The van der Waals surface area contributed by atoms with E-state index in [0.29, 0.717) is 5.82 Å². The molecule has 2 aromatic carbocycles. The minimum Gasteiger partial charge on any atom is -0.454 e. The van der Waals surface area contributed by atoms with Crippen LogP contribution >= 0.6 is 0 Å². The van der Waals surface area contributed by atoms with Crippen molar-refractivity contribution in [3.05, 3.63) is 54.7 Å². The number of aliphatic hydroxyl groups is 1. The highest BCUT2D eigenvalue weighted by molar-refractivity contribution is 5.78. The molecular weight excluding hydrogens is 354 g/mol. The van der Waals surface area contributed by atoms with Crippen molar-refractivity contribution in [2.75, 3.05) is 24.8 Å². The lowest BCUT2D eigenvalue weighted by Crippen LogP contribution is -2.36. The molecule has 0 radical (unpaired) electrons. The summed E-state index contributed by atoms with van der Waals surface area (Å²) in [5.74, 6) is 3.09. The Morgan fingerprint density at radius 1 is 0.929 bits per heavy atom. The Kier molecular flexibility index (Phi) is 4.33. The van der Waals surface area contributed by atoms with Crippen molar-refractivity contribution in [2.24, 2.45) is 0 Å². The number of aliphatic hydroxyl groups excluding tert-OH is 1. The first kappa shape index (κ1) is 17.0. The van der Waals surface area contributed by atoms with E-state index in [4.69, 9.17) is 14.5 Å². The summed E-state index contributed by atoms with van der Waals surface area (Å²) in [6.07, 6.45) is 3.13. The average Bonchev–Trinajstić information content (AvgIpc) is 3.22. The number of rotatable bonds is 3. The van der Waals surface area contributed by atoms with Gasteiger partial charge in [-0.3, -0.25) is 0 Å². The summed E-state index contributed by atoms with van der Waals surface area (Å²) in [6, 6.07) is 15.9. The largest absolute Gasteiger partial charge is 0.454 e. The van der Waals surface area contributed by atoms with E-state index >= 15 is 0 Å². The normalized spacial score (nSPS) is 16.4. The predicted octanol–water partition coefficient (Wildman–Crippen LogP) is 3.50. The van der Waals surface area contributed by atoms with Gasteiger partial charge < -0.3 is 19.5 Å². The molecule has 1 aromatic heterocycles. The monoisotopic (exact) mass is 375 g/mol. The first-order valence-electron chi connectivity index (χ1n) is 9.53. The van der Waals surface area contributed by atoms with Crippen LogP contribution in [0.25, 0.3) is 22.5 Å². The number of piperidine rings is 1. The number of fused-ring (bicyclic) bond motifs is 1. The Morgan fingerprint density at radius 3 is 2.54 bits per heavy atom. The van der Waals surface area contributed by atoms with Crippen molar-refractivity contribution in [1.82, 2.24) is 9.97 Å². The quantitative estimate of drug-likeness (QED) is 0.756. The topological polar surface area (TPSA) is 67.7 Å². The summed E-state index contributed by atoms with van der Waals surface area (Å²) in [5.41, 5.74) is 2.93. The third kappa shape index (κ3) is 3.16. The molecule has 2 aliphatic rings. The highest BCUT2D eigenvalue weighted by Crippen LogP contribution is 2.39. The van der Waals surface area contributed by atoms with Crippen molar-refractivity contribution in [2.45, 2.75) is 18.9 Å². The zero-order chi connectivity index (χ0) is 18.9. The van der Waals surface area contributed by atoms with Crippen LogP contribution < -0.4 is 14.4 Å². The molecule has 142 valence electrons. The maximum absolute atomic E-state index is 9.91. The number of aromatic nitrogens is 2. The summed E-state index contributed by atoms with van der Waals surface area (Å²) < 4.78 is 11.0. The third-order valence-corrected chi connectivity index (χ3v) is 5.25. The smallest absolute Gasteiger partial charge is 0.231 e. The summed E-state index contributed by atoms with van der Waals surface area (Å²) in [6.45, 7) is 1.78. The van der Waals surface area contributed by atoms with E-state index in [-0.39, 0.29) is 12.9 Å². The highest BCUT2D eigenvalue weighted by atomic mass is 16.7. The molecule has 1 saturated heterocycles. The van der Waals surface area contributed by atoms with Crippen LogP contribution in [0.1, 0.15) is 12.8 Å². The van der Waals surface area contributed by atoms with Crippen molar-refractivity contribution in [1.29, 1.82) is 0 Å². The average molecular weight is 375 g/mol. The van der Waals surface area contributed by atoms with Crippen LogP contribution in [0.4, 0.5) is 5.82 Å². The molecule has 3 heterocycles. The maximum atomic E-state index is 9.91. The number of benzene rings is 2. The number of hydrogen-bond donors (Lipinski definition) is 1. The van der Waals surface area contributed by atoms with Crippen LogP contribution in [0.5, 0.6) is 11.5 Å². The molecule has 5 rings (SSSR count). The molecule has 0 unspecified atom stereocenters. The minimum atomic E-state index is -0.235. The zero-order valence-corrected chi connectivity index (χ0v) is 15.4. The molecular formula is C22H21N3O3. The Hall–Kier alpha value is -3.12. The van der Waals surface area contributed by atoms with Gasteiger partial charge in [-0.15, -0.1) is 0 Å². The Morgan fingerprint density at radius 2 is 1.71 bits per heavy atom. The number of ether oxygens (including phenoxy) is 2. The van der Waals surface area contributed by atoms with Gasteiger partial charge in [-0.25, -0.2) is 9.97 Å². The van der Waals surface area contributed by atoms with Gasteiger partial charge in [0.15, 0.2) is 17.3 Å². The van der Waals surface area contributed by atoms with Crippen LogP contribution in [0.15, 0.2) is 54.7 Å². The van der Waals surface area contributed by atoms with E-state index in [1.807, 2.05) is 54.7 Å². The van der Waals surface area contributed by atoms with Crippen LogP contribution in [0.2, 0.25) is 0 Å². The lowest BCUT2D eigenvalue weighted by Gasteiger charge is -2.32. The summed E-state index contributed by atoms with van der Waals surface area (Å²) >= 11 is 0. The molecule has 0 saturated carbocycles. The van der Waals surface area contributed by atoms with Crippen molar-refractivity contribution >= 4 is 5.82 Å². The third-order valence-electron chi connectivity index (χ3n) is 5.25. The molecule has 1 fully saturated rings. The Bertz CT molecular complexity index is 986. The van der Waals surface area contributed by atoms with E-state index in [1.165, 1.54) is 0 Å². The number of hydrogen-bond acceptors (Lipinski definition) is 6. The van der Waals surface area contributed by atoms with E-state index in [1.54, 1.807) is 0 Å². The zero-order valence-electron chi connectivity index (χ0n) is 15.4. The van der Waals surface area contributed by atoms with Gasteiger partial charge in [0.05, 0.1) is 6.10 Å². The van der Waals surface area contributed by atoms with Gasteiger partial charge in [0.2, 0.25) is 6.79 Å². The molecule has 0 bridgehead atoms. The molecule has 0 amide bonds. The summed E-state index contributed by atoms with van der Waals surface area (Å²) in [7, 11) is 0. The van der Waals surface area contributed by atoms with Gasteiger partial charge in [0.25, 0.3) is 0 Å². The fourth-order valence-corrected chi connectivity index (χ4v) is 3.69. The van der Waals surface area contributed by atoms with Gasteiger partial charge in [0, 0.05) is 30.4 Å². The van der Waals surface area contributed by atoms with E-state index in [2.05, 4.69) is 9.88 Å². The van der Waals surface area contributed by atoms with E-state index in [9.17, 15) is 5.11 Å². The fraction of sp³-hybridized carbons (Fsp3) is 0.273. The van der Waals surface area contributed by atoms with Gasteiger partial charge in [-0.2, -0.15) is 0 Å². The fourth-order valence-electron chi connectivity index (χ4n) is 3.69. The second kappa shape index (κ2) is 7.13. The van der Waals surface area contributed by atoms with E-state index < -0.39 is 0 Å². The molecule has 28 heavy (non-hydrogen) atoms. The number of anilines is 1. The van der Waals surface area contributed by atoms with Gasteiger partial charge >= 0.3 is 0 Å². The van der Waals surface area contributed by atoms with E-state index in [0.717, 1.165) is 59.9 Å². The SMILES string of the molecule is OC1CCN(c2nc(-c3ccccc3)ncc2-c2ccc3c(c2)OCO3)CC1. The molecule has 1 N–H and O–H groups in total. The highest BCUT2D eigenvalue weighted by Gasteiger charge is 2.23. The molecule has 3 aromatic rings. The second-order valence-corrected chi connectivity index (χ2v) is 7.08. The molecule has 0 atom stereocenters. The number of nitrogens with zero attached hydrogens (tertiary/aromatic N) is 3. The first-order valence-corrected chi connectivity index (χ1v) is 9.53. The standard InChI is InChI=1S/C22H21N3O3/c26-17-8-10-25(11-9-17)22-18(16-6-7-19-20(12-16)28-14-27-19)13-23-21(24-22)15-4-2-1-3-5-15/h1-7,12-13,17,26H,8-11,14H2. The lowest BCUT2D eigenvalue weighted by atomic mass is 10.0. The molecule has 2 aliphatic heterocycles. The molecule has 6 heteroatoms. The summed E-state index contributed by atoms with van der Waals surface area (Å²) in [5, 5.41) is 9.91. The van der Waals surface area contributed by atoms with Crippen LogP contribution in [0.3, 0.4) is 0 Å². The van der Waals surface area contributed by atoms with Crippen molar-refractivity contribution in [3.63, 3.8) is 0 Å². The molecule has 0 aliphatic carbocycles. The Balaban J connectivity index is 1.59. The first-order chi connectivity index (χ1) is 13.8. The van der Waals surface area contributed by atoms with Crippen LogP contribution in [-0.4, -0.2) is 41.1 Å². The van der Waals surface area contributed by atoms with Crippen LogP contribution in [-0.2, 0) is 0 Å². The van der Waals surface area contributed by atoms with Crippen LogP contribution in [0, 0.1) is 0 Å². The van der Waals surface area contributed by atoms with Crippen molar-refractivity contribution in [3.8, 4) is 34.0 Å².